The van der Waals surface area contributed by atoms with Crippen LogP contribution in [0.15, 0.2) is 0 Å². The Bertz CT molecular complexity index is 380. The molecule has 1 atom stereocenters. The Hall–Kier alpha value is -1.01. The second-order valence-electron chi connectivity index (χ2n) is 5.59. The molecule has 2 heterocycles. The largest absolute Gasteiger partial charge is 0.315 e. The van der Waals surface area contributed by atoms with E-state index in [0.717, 1.165) is 12.2 Å². The summed E-state index contributed by atoms with van der Waals surface area (Å²) in [6.07, 6.45) is 3.43. The molecule has 1 N–H and O–H groups in total. The molecule has 6 heteroatoms. The van der Waals surface area contributed by atoms with Crippen molar-refractivity contribution in [1.82, 2.24) is 30.4 Å². The minimum atomic E-state index is 0.116. The first-order valence-corrected chi connectivity index (χ1v) is 6.69. The molecule has 0 radical (unpaired) electrons. The number of likely N-dealkylation sites (N-methyl/N-ethyl adjacent to an activating group) is 1. The van der Waals surface area contributed by atoms with Crippen LogP contribution in [-0.2, 0) is 13.5 Å². The van der Waals surface area contributed by atoms with E-state index in [-0.39, 0.29) is 5.54 Å². The van der Waals surface area contributed by atoms with Crippen molar-refractivity contribution in [2.75, 3.05) is 20.1 Å². The Morgan fingerprint density at radius 1 is 1.33 bits per heavy atom. The van der Waals surface area contributed by atoms with E-state index in [1.165, 1.54) is 30.7 Å². The van der Waals surface area contributed by atoms with Gasteiger partial charge >= 0.3 is 0 Å². The fourth-order valence-electron chi connectivity index (χ4n) is 2.81. The van der Waals surface area contributed by atoms with Crippen LogP contribution in [0.1, 0.15) is 32.5 Å². The summed E-state index contributed by atoms with van der Waals surface area (Å²) in [4.78, 5) is 4.08. The number of tetrazole rings is 1. The predicted octanol–water partition coefficient (Wildman–Crippen LogP) is 0.215. The van der Waals surface area contributed by atoms with Gasteiger partial charge in [0.05, 0.1) is 7.05 Å². The van der Waals surface area contributed by atoms with Gasteiger partial charge in [0.1, 0.15) is 0 Å². The summed E-state index contributed by atoms with van der Waals surface area (Å²) in [5, 5.41) is 15.7. The van der Waals surface area contributed by atoms with Crippen LogP contribution >= 0.6 is 0 Å². The topological polar surface area (TPSA) is 58.9 Å². The van der Waals surface area contributed by atoms with Gasteiger partial charge in [-0.25, -0.2) is 0 Å². The number of likely N-dealkylation sites (tertiary alicyclic amines) is 1. The molecule has 1 saturated heterocycles. The summed E-state index contributed by atoms with van der Waals surface area (Å²) in [6, 6.07) is 0.333. The van der Waals surface area contributed by atoms with E-state index in [9.17, 15) is 0 Å². The lowest BCUT2D eigenvalue weighted by molar-refractivity contribution is 0.109. The highest BCUT2D eigenvalue weighted by Crippen LogP contribution is 2.25. The van der Waals surface area contributed by atoms with Gasteiger partial charge in [-0.1, -0.05) is 0 Å². The molecule has 102 valence electrons. The number of hydrogen-bond donors (Lipinski definition) is 1. The molecule has 1 aliphatic heterocycles. The van der Waals surface area contributed by atoms with Gasteiger partial charge in [0, 0.05) is 18.0 Å². The van der Waals surface area contributed by atoms with Crippen molar-refractivity contribution in [3.8, 4) is 0 Å². The van der Waals surface area contributed by atoms with Crippen molar-refractivity contribution < 1.29 is 0 Å². The van der Waals surface area contributed by atoms with E-state index in [1.807, 2.05) is 7.05 Å². The van der Waals surface area contributed by atoms with E-state index < -0.39 is 0 Å². The number of aromatic nitrogens is 4. The smallest absolute Gasteiger partial charge is 0.176 e. The van der Waals surface area contributed by atoms with Crippen LogP contribution in [0.2, 0.25) is 0 Å². The molecule has 0 spiro atoms. The minimum absolute atomic E-state index is 0.116. The zero-order valence-corrected chi connectivity index (χ0v) is 11.8. The lowest BCUT2D eigenvalue weighted by atomic mass is 9.90. The summed E-state index contributed by atoms with van der Waals surface area (Å²) in [5.74, 6) is 0.809. The highest BCUT2D eigenvalue weighted by molar-refractivity contribution is 4.99. The third kappa shape index (κ3) is 2.70. The van der Waals surface area contributed by atoms with Crippen molar-refractivity contribution in [3.63, 3.8) is 0 Å². The molecule has 18 heavy (non-hydrogen) atoms. The third-order valence-corrected chi connectivity index (χ3v) is 4.06. The molecule has 0 amide bonds. The van der Waals surface area contributed by atoms with Gasteiger partial charge in [0.15, 0.2) is 5.82 Å². The molecule has 1 fully saturated rings. The van der Waals surface area contributed by atoms with Gasteiger partial charge in [0.25, 0.3) is 0 Å². The van der Waals surface area contributed by atoms with Crippen LogP contribution in [0.25, 0.3) is 0 Å². The van der Waals surface area contributed by atoms with E-state index in [2.05, 4.69) is 39.5 Å². The lowest BCUT2D eigenvalue weighted by Gasteiger charge is -2.41. The molecular weight excluding hydrogens is 228 g/mol. The normalized spacial score (nSPS) is 19.3. The van der Waals surface area contributed by atoms with Crippen molar-refractivity contribution in [2.24, 2.45) is 7.05 Å². The third-order valence-electron chi connectivity index (χ3n) is 4.06. The highest BCUT2D eigenvalue weighted by Gasteiger charge is 2.36. The van der Waals surface area contributed by atoms with E-state index in [1.54, 1.807) is 7.05 Å². The van der Waals surface area contributed by atoms with Gasteiger partial charge in [-0.3, -0.25) is 4.90 Å². The van der Waals surface area contributed by atoms with Crippen LogP contribution in [0.4, 0.5) is 0 Å². The molecule has 1 aromatic heterocycles. The Kier molecular flexibility index (Phi) is 3.97. The van der Waals surface area contributed by atoms with Crippen molar-refractivity contribution in [1.29, 1.82) is 0 Å². The molecule has 0 aliphatic carbocycles. The molecule has 0 bridgehead atoms. The van der Waals surface area contributed by atoms with E-state index in [0.29, 0.717) is 6.04 Å². The van der Waals surface area contributed by atoms with Gasteiger partial charge < -0.3 is 5.32 Å². The first kappa shape index (κ1) is 13.4. The van der Waals surface area contributed by atoms with E-state index >= 15 is 0 Å². The number of rotatable bonds is 5. The maximum Gasteiger partial charge on any atom is 0.176 e. The Balaban J connectivity index is 2.06. The van der Waals surface area contributed by atoms with Gasteiger partial charge in [-0.2, -0.15) is 4.80 Å². The van der Waals surface area contributed by atoms with Crippen molar-refractivity contribution in [2.45, 2.75) is 44.7 Å². The number of nitrogens with one attached hydrogen (secondary N) is 1. The first-order valence-electron chi connectivity index (χ1n) is 6.69. The Labute approximate surface area is 109 Å². The Morgan fingerprint density at radius 2 is 2.00 bits per heavy atom. The molecule has 1 aromatic rings. The van der Waals surface area contributed by atoms with Crippen LogP contribution in [0.3, 0.4) is 0 Å². The summed E-state index contributed by atoms with van der Waals surface area (Å²) >= 11 is 0. The molecule has 1 unspecified atom stereocenters. The van der Waals surface area contributed by atoms with Crippen LogP contribution < -0.4 is 5.32 Å². The van der Waals surface area contributed by atoms with Crippen LogP contribution in [0, 0.1) is 0 Å². The monoisotopic (exact) mass is 252 g/mol. The predicted molar refractivity (Wildman–Crippen MR) is 70.2 cm³/mol. The highest BCUT2D eigenvalue weighted by atomic mass is 15.6. The van der Waals surface area contributed by atoms with Crippen molar-refractivity contribution in [3.05, 3.63) is 5.82 Å². The fraction of sp³-hybridized carbons (Fsp3) is 0.917. The second-order valence-corrected chi connectivity index (χ2v) is 5.59. The summed E-state index contributed by atoms with van der Waals surface area (Å²) in [7, 11) is 3.81. The van der Waals surface area contributed by atoms with E-state index in [4.69, 9.17) is 0 Å². The number of nitrogens with zero attached hydrogens (tertiary/aromatic N) is 5. The molecular formula is C12H24N6. The summed E-state index contributed by atoms with van der Waals surface area (Å²) in [6.45, 7) is 6.99. The molecule has 6 nitrogen and oxygen atoms in total. The average Bonchev–Trinajstić information content (AvgIpc) is 2.96. The summed E-state index contributed by atoms with van der Waals surface area (Å²) < 4.78 is 0. The quantitative estimate of drug-likeness (QED) is 0.812. The van der Waals surface area contributed by atoms with Crippen LogP contribution in [-0.4, -0.2) is 56.8 Å². The second kappa shape index (κ2) is 5.32. The maximum absolute atomic E-state index is 4.27. The summed E-state index contributed by atoms with van der Waals surface area (Å²) in [5.41, 5.74) is 0.116. The molecule has 2 rings (SSSR count). The number of hydrogen-bond acceptors (Lipinski definition) is 5. The molecule has 0 saturated carbocycles. The minimum Gasteiger partial charge on any atom is -0.315 e. The zero-order valence-electron chi connectivity index (χ0n) is 11.8. The van der Waals surface area contributed by atoms with Crippen molar-refractivity contribution >= 4 is 0 Å². The average molecular weight is 252 g/mol. The van der Waals surface area contributed by atoms with Gasteiger partial charge in [-0.15, -0.1) is 10.2 Å². The van der Waals surface area contributed by atoms with Crippen LogP contribution in [0.5, 0.6) is 0 Å². The molecule has 0 aromatic carbocycles. The Morgan fingerprint density at radius 3 is 2.50 bits per heavy atom. The lowest BCUT2D eigenvalue weighted by Crippen LogP contribution is -2.57. The van der Waals surface area contributed by atoms with Gasteiger partial charge in [-0.05, 0) is 52.0 Å². The SMILES string of the molecule is CNC(Cc1nnn(C)n1)C(C)(C)N1CCCC1. The standard InChI is InChI=1S/C12H24N6/c1-12(2,18-7-5-6-8-18)10(13-3)9-11-14-16-17(4)15-11/h10,13H,5-9H2,1-4H3. The maximum atomic E-state index is 4.27. The zero-order chi connectivity index (χ0) is 13.2. The molecule has 1 aliphatic rings. The number of aryl methyl sites for hydroxylation is 1. The van der Waals surface area contributed by atoms with Gasteiger partial charge in [0.2, 0.25) is 0 Å². The first-order chi connectivity index (χ1) is 8.54. The fourth-order valence-corrected chi connectivity index (χ4v) is 2.81.